The van der Waals surface area contributed by atoms with Gasteiger partial charge in [-0.05, 0) is 38.5 Å². The quantitative estimate of drug-likeness (QED) is 0.486. The normalized spacial score (nSPS) is 12.8. The van der Waals surface area contributed by atoms with Crippen LogP contribution in [0.1, 0.15) is 80.1 Å². The molecule has 0 radical (unpaired) electrons. The first-order chi connectivity index (χ1) is 8.46. The highest BCUT2D eigenvalue weighted by molar-refractivity contribution is 7.33. The molecule has 0 N–H and O–H groups in total. The minimum absolute atomic E-state index is 0.297. The Kier molecular flexibility index (Phi) is 8.25. The molecule has 0 atom stereocenters. The Labute approximate surface area is 114 Å². The summed E-state index contributed by atoms with van der Waals surface area (Å²) in [4.78, 5) is 0. The molecule has 0 aliphatic heterocycles. The van der Waals surface area contributed by atoms with Crippen molar-refractivity contribution in [1.82, 2.24) is 0 Å². The van der Waals surface area contributed by atoms with Crippen molar-refractivity contribution in [2.24, 2.45) is 0 Å². The summed E-state index contributed by atoms with van der Waals surface area (Å²) in [5.41, 5.74) is -0.594. The van der Waals surface area contributed by atoms with Crippen molar-refractivity contribution in [3.05, 3.63) is 0 Å². The van der Waals surface area contributed by atoms with Crippen LogP contribution < -0.4 is 0 Å². The lowest BCUT2D eigenvalue weighted by atomic mass is 9.95. The Bertz CT molecular complexity index is 205. The third kappa shape index (κ3) is 4.60. The molecule has 18 heavy (non-hydrogen) atoms. The van der Waals surface area contributed by atoms with Gasteiger partial charge in [0.25, 0.3) is 0 Å². The van der Waals surface area contributed by atoms with E-state index in [0.717, 1.165) is 38.5 Å². The summed E-state index contributed by atoms with van der Waals surface area (Å²) < 4.78 is 23.6. The van der Waals surface area contributed by atoms with Crippen molar-refractivity contribution in [3.63, 3.8) is 0 Å². The van der Waals surface area contributed by atoms with Crippen molar-refractivity contribution in [2.75, 3.05) is 0 Å². The molecule has 0 aliphatic carbocycles. The van der Waals surface area contributed by atoms with Crippen LogP contribution in [0.4, 0.5) is 0 Å². The average molecular weight is 277 g/mol. The van der Waals surface area contributed by atoms with E-state index in [-0.39, 0.29) is 11.2 Å². The highest BCUT2D eigenvalue weighted by atomic mass is 31.1. The summed E-state index contributed by atoms with van der Waals surface area (Å²) in [6.07, 6.45) is 5.18. The second-order valence-corrected chi connectivity index (χ2v) is 5.71. The summed E-state index contributed by atoms with van der Waals surface area (Å²) in [5.74, 6) is 0. The maximum absolute atomic E-state index is 12.1. The molecule has 0 aliphatic rings. The lowest BCUT2D eigenvalue weighted by Gasteiger charge is -2.26. The first-order valence-corrected chi connectivity index (χ1v) is 8.42. The molecule has 108 valence electrons. The molecule has 0 aromatic rings. The molecule has 0 heterocycles. The van der Waals surface area contributed by atoms with Crippen LogP contribution in [0, 0.1) is 0 Å². The van der Waals surface area contributed by atoms with Gasteiger partial charge in [-0.25, -0.2) is 0 Å². The SMILES string of the molecule is CCC(CC)(CC)O[P+](=O)OC(CC)(CC)CC. The van der Waals surface area contributed by atoms with Gasteiger partial charge in [0, 0.05) is 4.57 Å². The Hall–Kier alpha value is 0.0200. The summed E-state index contributed by atoms with van der Waals surface area (Å²) in [6.45, 7) is 12.4. The van der Waals surface area contributed by atoms with E-state index < -0.39 is 8.25 Å². The van der Waals surface area contributed by atoms with Crippen molar-refractivity contribution in [3.8, 4) is 0 Å². The monoisotopic (exact) mass is 277 g/mol. The summed E-state index contributed by atoms with van der Waals surface area (Å²) in [6, 6.07) is 0. The number of hydrogen-bond acceptors (Lipinski definition) is 3. The van der Waals surface area contributed by atoms with E-state index in [1.165, 1.54) is 0 Å². The van der Waals surface area contributed by atoms with Crippen LogP contribution in [0.2, 0.25) is 0 Å². The lowest BCUT2D eigenvalue weighted by molar-refractivity contribution is -0.000330. The fourth-order valence-electron chi connectivity index (χ4n) is 2.22. The van der Waals surface area contributed by atoms with Gasteiger partial charge in [-0.15, -0.1) is 9.05 Å². The van der Waals surface area contributed by atoms with Gasteiger partial charge in [-0.2, -0.15) is 0 Å². The molecule has 3 nitrogen and oxygen atoms in total. The minimum atomic E-state index is -2.04. The second-order valence-electron chi connectivity index (χ2n) is 4.89. The molecule has 0 rings (SSSR count). The highest BCUT2D eigenvalue weighted by Crippen LogP contribution is 2.43. The maximum atomic E-state index is 12.1. The summed E-state index contributed by atoms with van der Waals surface area (Å²) in [7, 11) is -2.04. The van der Waals surface area contributed by atoms with Gasteiger partial charge in [-0.1, -0.05) is 41.5 Å². The molecular formula is C14H30O3P+. The molecule has 0 saturated carbocycles. The van der Waals surface area contributed by atoms with Crippen molar-refractivity contribution < 1.29 is 13.6 Å². The first-order valence-electron chi connectivity index (χ1n) is 7.32. The fraction of sp³-hybridized carbons (Fsp3) is 1.00. The zero-order chi connectivity index (χ0) is 14.2. The minimum Gasteiger partial charge on any atom is -0.112 e. The molecule has 0 aromatic carbocycles. The van der Waals surface area contributed by atoms with Gasteiger partial charge in [0.2, 0.25) is 0 Å². The van der Waals surface area contributed by atoms with Crippen molar-refractivity contribution in [2.45, 2.75) is 91.3 Å². The van der Waals surface area contributed by atoms with Gasteiger partial charge in [0.1, 0.15) is 11.2 Å². The molecule has 0 spiro atoms. The van der Waals surface area contributed by atoms with E-state index in [9.17, 15) is 4.57 Å². The largest absolute Gasteiger partial charge is 0.698 e. The third-order valence-corrected chi connectivity index (χ3v) is 5.48. The van der Waals surface area contributed by atoms with Gasteiger partial charge in [0.15, 0.2) is 0 Å². The number of rotatable bonds is 10. The van der Waals surface area contributed by atoms with Crippen LogP contribution in [0.5, 0.6) is 0 Å². The van der Waals surface area contributed by atoms with Gasteiger partial charge in [0.05, 0.1) is 0 Å². The van der Waals surface area contributed by atoms with Crippen LogP contribution >= 0.6 is 8.25 Å². The van der Waals surface area contributed by atoms with Gasteiger partial charge in [-0.3, -0.25) is 0 Å². The molecule has 0 amide bonds. The van der Waals surface area contributed by atoms with E-state index in [1.54, 1.807) is 0 Å². The number of hydrogen-bond donors (Lipinski definition) is 0. The standard InChI is InChI=1S/C14H30O3P/c1-7-13(8-2,9-3)16-18(15)17-14(10-4,11-5)12-6/h7-12H2,1-6H3/q+1. The maximum Gasteiger partial charge on any atom is 0.698 e. The second kappa shape index (κ2) is 8.24. The van der Waals surface area contributed by atoms with Gasteiger partial charge >= 0.3 is 8.25 Å². The third-order valence-electron chi connectivity index (χ3n) is 4.40. The van der Waals surface area contributed by atoms with Crippen LogP contribution in [0.15, 0.2) is 0 Å². The van der Waals surface area contributed by atoms with Crippen LogP contribution in [0.3, 0.4) is 0 Å². The molecule has 0 aromatic heterocycles. The van der Waals surface area contributed by atoms with E-state index in [0.29, 0.717) is 0 Å². The lowest BCUT2D eigenvalue weighted by Crippen LogP contribution is -2.31. The fourth-order valence-corrected chi connectivity index (χ4v) is 3.67. The zero-order valence-corrected chi connectivity index (χ0v) is 13.8. The Morgan fingerprint density at radius 2 is 0.889 bits per heavy atom. The molecule has 0 fully saturated rings. The Morgan fingerprint density at radius 3 is 1.06 bits per heavy atom. The van der Waals surface area contributed by atoms with E-state index in [1.807, 2.05) is 0 Å². The van der Waals surface area contributed by atoms with Crippen molar-refractivity contribution in [1.29, 1.82) is 0 Å². The van der Waals surface area contributed by atoms with Crippen LogP contribution in [-0.4, -0.2) is 11.2 Å². The van der Waals surface area contributed by atoms with E-state index in [2.05, 4.69) is 41.5 Å². The molecule has 4 heteroatoms. The van der Waals surface area contributed by atoms with Crippen LogP contribution in [0.25, 0.3) is 0 Å². The predicted octanol–water partition coefficient (Wildman–Crippen LogP) is 5.61. The Morgan fingerprint density at radius 1 is 0.667 bits per heavy atom. The Balaban J connectivity index is 4.67. The smallest absolute Gasteiger partial charge is 0.112 e. The first kappa shape index (κ1) is 18.0. The topological polar surface area (TPSA) is 35.5 Å². The molecule has 0 unspecified atom stereocenters. The predicted molar refractivity (Wildman–Crippen MR) is 77.0 cm³/mol. The van der Waals surface area contributed by atoms with E-state index >= 15 is 0 Å². The van der Waals surface area contributed by atoms with Crippen LogP contribution in [-0.2, 0) is 13.6 Å². The van der Waals surface area contributed by atoms with Gasteiger partial charge < -0.3 is 0 Å². The van der Waals surface area contributed by atoms with E-state index in [4.69, 9.17) is 9.05 Å². The summed E-state index contributed by atoms with van der Waals surface area (Å²) >= 11 is 0. The average Bonchev–Trinajstić information content (AvgIpc) is 2.42. The zero-order valence-electron chi connectivity index (χ0n) is 12.9. The highest BCUT2D eigenvalue weighted by Gasteiger charge is 2.43. The van der Waals surface area contributed by atoms with Crippen molar-refractivity contribution >= 4 is 8.25 Å². The molecule has 0 bridgehead atoms. The summed E-state index contributed by atoms with van der Waals surface area (Å²) in [5, 5.41) is 0. The molecular weight excluding hydrogens is 247 g/mol. The molecule has 0 saturated heterocycles.